The number of nitrogens with zero attached hydrogens (tertiary/aromatic N) is 2. The summed E-state index contributed by atoms with van der Waals surface area (Å²) in [6.45, 7) is 3.48. The molecular weight excluding hydrogens is 431 g/mol. The second-order valence-corrected chi connectivity index (χ2v) is 7.26. The van der Waals surface area contributed by atoms with Crippen molar-refractivity contribution in [3.05, 3.63) is 29.8 Å². The summed E-state index contributed by atoms with van der Waals surface area (Å²) in [5.74, 6) is -0.675. The summed E-state index contributed by atoms with van der Waals surface area (Å²) in [6, 6.07) is 4.87. The third kappa shape index (κ3) is 9.11. The fourth-order valence-corrected chi connectivity index (χ4v) is 3.22. The van der Waals surface area contributed by atoms with Crippen LogP contribution in [0.3, 0.4) is 0 Å². The molecule has 1 saturated heterocycles. The molecule has 1 aromatic carbocycles. The maximum Gasteiger partial charge on any atom is 0.418 e. The number of hydrogen-bond acceptors (Lipinski definition) is 6. The first-order valence-corrected chi connectivity index (χ1v) is 10.4. The van der Waals surface area contributed by atoms with Crippen molar-refractivity contribution in [2.45, 2.75) is 12.6 Å². The van der Waals surface area contributed by atoms with Gasteiger partial charge in [0.2, 0.25) is 11.8 Å². The smallest absolute Gasteiger partial charge is 0.382 e. The number of carbonyl (C=O) groups is 2. The van der Waals surface area contributed by atoms with E-state index in [1.165, 1.54) is 18.2 Å². The Bertz CT molecular complexity index is 733. The monoisotopic (exact) mass is 461 g/mol. The molecule has 1 aromatic rings. The van der Waals surface area contributed by atoms with Crippen LogP contribution in [0.5, 0.6) is 0 Å². The van der Waals surface area contributed by atoms with Gasteiger partial charge in [0.15, 0.2) is 0 Å². The van der Waals surface area contributed by atoms with Crippen molar-refractivity contribution in [1.82, 2.24) is 9.80 Å². The Morgan fingerprint density at radius 2 is 1.72 bits per heavy atom. The first-order chi connectivity index (χ1) is 15.3. The number of alkyl halides is 3. The molecule has 0 bridgehead atoms. The molecule has 0 saturated carbocycles. The average Bonchev–Trinajstić information content (AvgIpc) is 2.98. The Hall–Kier alpha value is -2.21. The first-order valence-electron chi connectivity index (χ1n) is 10.4. The van der Waals surface area contributed by atoms with Crippen molar-refractivity contribution in [3.63, 3.8) is 0 Å². The van der Waals surface area contributed by atoms with Gasteiger partial charge in [0, 0.05) is 33.3 Å². The number of hydrogen-bond donors (Lipinski definition) is 1. The van der Waals surface area contributed by atoms with Crippen LogP contribution in [0.4, 0.5) is 18.9 Å². The third-order valence-electron chi connectivity index (χ3n) is 4.84. The molecule has 0 aromatic heterocycles. The molecule has 0 atom stereocenters. The molecule has 2 amide bonds. The van der Waals surface area contributed by atoms with Crippen molar-refractivity contribution >= 4 is 17.5 Å². The van der Waals surface area contributed by atoms with Crippen LogP contribution in [0, 0.1) is 0 Å². The van der Waals surface area contributed by atoms with Crippen LogP contribution in [-0.2, 0) is 30.0 Å². The summed E-state index contributed by atoms with van der Waals surface area (Å²) >= 11 is 0. The average molecular weight is 461 g/mol. The molecule has 32 heavy (non-hydrogen) atoms. The van der Waals surface area contributed by atoms with Crippen LogP contribution in [-0.4, -0.2) is 94.5 Å². The Kier molecular flexibility index (Phi) is 10.9. The molecule has 1 fully saturated rings. The molecule has 180 valence electrons. The summed E-state index contributed by atoms with van der Waals surface area (Å²) in [5.41, 5.74) is -1.15. The fraction of sp³-hybridized carbons (Fsp3) is 0.619. The maximum absolute atomic E-state index is 13.1. The number of para-hydroxylation sites is 1. The number of methoxy groups -OCH3 is 1. The van der Waals surface area contributed by atoms with Gasteiger partial charge in [-0.25, -0.2) is 0 Å². The number of ether oxygens (including phenoxy) is 3. The molecule has 1 aliphatic rings. The molecule has 1 heterocycles. The van der Waals surface area contributed by atoms with Crippen LogP contribution in [0.15, 0.2) is 24.3 Å². The van der Waals surface area contributed by atoms with Gasteiger partial charge in [-0.2, -0.15) is 13.2 Å². The lowest BCUT2D eigenvalue weighted by Gasteiger charge is -2.22. The lowest BCUT2D eigenvalue weighted by atomic mass is 10.1. The van der Waals surface area contributed by atoms with Gasteiger partial charge < -0.3 is 24.4 Å². The second-order valence-electron chi connectivity index (χ2n) is 7.26. The minimum absolute atomic E-state index is 0.0520. The fourth-order valence-electron chi connectivity index (χ4n) is 3.22. The molecule has 1 aliphatic heterocycles. The van der Waals surface area contributed by atoms with E-state index >= 15 is 0 Å². The second kappa shape index (κ2) is 13.4. The van der Waals surface area contributed by atoms with E-state index in [4.69, 9.17) is 14.2 Å². The highest BCUT2D eigenvalue weighted by Gasteiger charge is 2.33. The highest BCUT2D eigenvalue weighted by Crippen LogP contribution is 2.34. The van der Waals surface area contributed by atoms with Crippen LogP contribution in [0.2, 0.25) is 0 Å². The number of amides is 2. The third-order valence-corrected chi connectivity index (χ3v) is 4.84. The maximum atomic E-state index is 13.1. The Morgan fingerprint density at radius 1 is 1.00 bits per heavy atom. The number of carbonyl (C=O) groups excluding carboxylic acids is 2. The van der Waals surface area contributed by atoms with E-state index in [9.17, 15) is 22.8 Å². The molecule has 11 heteroatoms. The molecule has 2 rings (SSSR count). The van der Waals surface area contributed by atoms with Gasteiger partial charge in [-0.1, -0.05) is 12.1 Å². The minimum Gasteiger partial charge on any atom is -0.382 e. The van der Waals surface area contributed by atoms with E-state index in [0.29, 0.717) is 59.0 Å². The van der Waals surface area contributed by atoms with Gasteiger partial charge in [0.25, 0.3) is 0 Å². The molecule has 0 spiro atoms. The highest BCUT2D eigenvalue weighted by atomic mass is 19.4. The van der Waals surface area contributed by atoms with Crippen molar-refractivity contribution in [2.75, 3.05) is 78.2 Å². The van der Waals surface area contributed by atoms with Gasteiger partial charge in [-0.05, 0) is 18.6 Å². The molecule has 1 N–H and O–H groups in total. The number of nitrogens with one attached hydrogen (secondary N) is 1. The van der Waals surface area contributed by atoms with E-state index in [0.717, 1.165) is 6.07 Å². The van der Waals surface area contributed by atoms with E-state index in [1.807, 2.05) is 4.90 Å². The largest absolute Gasteiger partial charge is 0.418 e. The number of anilines is 1. The number of benzene rings is 1. The predicted octanol–water partition coefficient (Wildman–Crippen LogP) is 1.86. The zero-order valence-corrected chi connectivity index (χ0v) is 18.2. The van der Waals surface area contributed by atoms with Gasteiger partial charge in [0.1, 0.15) is 6.61 Å². The van der Waals surface area contributed by atoms with E-state index < -0.39 is 17.6 Å². The number of halogens is 3. The van der Waals surface area contributed by atoms with Crippen LogP contribution < -0.4 is 5.32 Å². The topological polar surface area (TPSA) is 80.3 Å². The van der Waals surface area contributed by atoms with Gasteiger partial charge in [0.05, 0.1) is 44.2 Å². The minimum atomic E-state index is -4.55. The summed E-state index contributed by atoms with van der Waals surface area (Å²) < 4.78 is 54.7. The van der Waals surface area contributed by atoms with Crippen LogP contribution in [0.25, 0.3) is 0 Å². The zero-order valence-electron chi connectivity index (χ0n) is 18.2. The Labute approximate surface area is 185 Å². The molecule has 0 aliphatic carbocycles. The normalized spacial score (nSPS) is 15.4. The van der Waals surface area contributed by atoms with Crippen molar-refractivity contribution < 1.29 is 37.0 Å². The van der Waals surface area contributed by atoms with E-state index in [-0.39, 0.29) is 24.7 Å². The summed E-state index contributed by atoms with van der Waals surface area (Å²) in [4.78, 5) is 28.1. The van der Waals surface area contributed by atoms with Gasteiger partial charge >= 0.3 is 6.18 Å². The summed E-state index contributed by atoms with van der Waals surface area (Å²) in [6.07, 6.45) is -3.90. The summed E-state index contributed by atoms with van der Waals surface area (Å²) in [5, 5.41) is 2.35. The highest BCUT2D eigenvalue weighted by molar-refractivity contribution is 5.93. The number of rotatable bonds is 11. The first kappa shape index (κ1) is 26.0. The molecular formula is C21H30F3N3O5. The van der Waals surface area contributed by atoms with E-state index in [2.05, 4.69) is 5.32 Å². The molecule has 0 radical (unpaired) electrons. The molecule has 0 unspecified atom stereocenters. The van der Waals surface area contributed by atoms with Gasteiger partial charge in [-0.15, -0.1) is 0 Å². The lowest BCUT2D eigenvalue weighted by Crippen LogP contribution is -2.39. The SMILES string of the molecule is COCCOCCOCC(=O)N1CCCN(CC(=O)Nc2ccccc2C(F)(F)F)CC1. The van der Waals surface area contributed by atoms with E-state index in [1.54, 1.807) is 12.0 Å². The van der Waals surface area contributed by atoms with Crippen molar-refractivity contribution in [2.24, 2.45) is 0 Å². The Balaban J connectivity index is 1.73. The zero-order chi connectivity index (χ0) is 23.4. The van der Waals surface area contributed by atoms with Gasteiger partial charge in [-0.3, -0.25) is 14.5 Å². The summed E-state index contributed by atoms with van der Waals surface area (Å²) in [7, 11) is 1.58. The van der Waals surface area contributed by atoms with Crippen LogP contribution in [0.1, 0.15) is 12.0 Å². The lowest BCUT2D eigenvalue weighted by molar-refractivity contribution is -0.137. The predicted molar refractivity (Wildman–Crippen MR) is 111 cm³/mol. The van der Waals surface area contributed by atoms with Crippen molar-refractivity contribution in [3.8, 4) is 0 Å². The Morgan fingerprint density at radius 3 is 2.47 bits per heavy atom. The standard InChI is InChI=1S/C21H30F3N3O5/c1-30-11-12-31-13-14-32-16-20(29)27-8-4-7-26(9-10-27)15-19(28)25-18-6-3-2-5-17(18)21(22,23)24/h2-3,5-6H,4,7-16H2,1H3,(H,25,28). The van der Waals surface area contributed by atoms with Crippen LogP contribution >= 0.6 is 0 Å². The molecule has 8 nitrogen and oxygen atoms in total. The quantitative estimate of drug-likeness (QED) is 0.507. The van der Waals surface area contributed by atoms with Crippen molar-refractivity contribution in [1.29, 1.82) is 0 Å².